The first-order valence-electron chi connectivity index (χ1n) is 4.66. The Kier molecular flexibility index (Phi) is 2.67. The Balaban J connectivity index is 2.05. The molecule has 0 spiro atoms. The largest absolute Gasteiger partial charge is 0.481 e. The third-order valence-electron chi connectivity index (χ3n) is 1.92. The van der Waals surface area contributed by atoms with E-state index >= 15 is 0 Å². The quantitative estimate of drug-likeness (QED) is 0.796. The second-order valence-corrected chi connectivity index (χ2v) is 3.41. The fourth-order valence-electron chi connectivity index (χ4n) is 1.31. The molecule has 2 aromatic heterocycles. The van der Waals surface area contributed by atoms with Crippen molar-refractivity contribution in [3.05, 3.63) is 29.4 Å². The van der Waals surface area contributed by atoms with E-state index in [-0.39, 0.29) is 6.42 Å². The van der Waals surface area contributed by atoms with E-state index in [0.717, 1.165) is 11.5 Å². The molecule has 0 fully saturated rings. The molecule has 0 aliphatic rings. The lowest BCUT2D eigenvalue weighted by atomic mass is 10.3. The Hall–Kier alpha value is -2.18. The average molecular weight is 222 g/mol. The molecule has 0 atom stereocenters. The third kappa shape index (κ3) is 2.44. The Labute approximate surface area is 90.7 Å². The van der Waals surface area contributed by atoms with Gasteiger partial charge >= 0.3 is 5.97 Å². The molecule has 2 aromatic rings. The summed E-state index contributed by atoms with van der Waals surface area (Å²) in [6, 6.07) is 1.79. The van der Waals surface area contributed by atoms with Crippen LogP contribution in [0.15, 0.2) is 16.8 Å². The lowest BCUT2D eigenvalue weighted by Crippen LogP contribution is -2.01. The molecule has 84 valence electrons. The number of aliphatic carboxylic acids is 1. The zero-order valence-corrected chi connectivity index (χ0v) is 8.62. The van der Waals surface area contributed by atoms with E-state index in [2.05, 4.69) is 15.5 Å². The minimum atomic E-state index is -0.927. The van der Waals surface area contributed by atoms with Gasteiger partial charge in [0.25, 0.3) is 0 Å². The highest BCUT2D eigenvalue weighted by Gasteiger charge is 2.07. The highest BCUT2D eigenvalue weighted by Crippen LogP contribution is 2.04. The SMILES string of the molecule is Cc1cc(Cn2cc(CC(=O)O)nn2)no1. The van der Waals surface area contributed by atoms with Crippen LogP contribution in [-0.2, 0) is 17.8 Å². The summed E-state index contributed by atoms with van der Waals surface area (Å²) < 4.78 is 6.43. The van der Waals surface area contributed by atoms with Crippen molar-refractivity contribution < 1.29 is 14.4 Å². The first kappa shape index (κ1) is 10.3. The summed E-state index contributed by atoms with van der Waals surface area (Å²) in [5.41, 5.74) is 1.15. The van der Waals surface area contributed by atoms with Crippen LogP contribution in [0.3, 0.4) is 0 Å². The van der Waals surface area contributed by atoms with Gasteiger partial charge in [0.05, 0.1) is 18.7 Å². The van der Waals surface area contributed by atoms with Crippen molar-refractivity contribution in [3.63, 3.8) is 0 Å². The van der Waals surface area contributed by atoms with Crippen LogP contribution >= 0.6 is 0 Å². The smallest absolute Gasteiger partial charge is 0.309 e. The maximum Gasteiger partial charge on any atom is 0.309 e. The van der Waals surface area contributed by atoms with E-state index < -0.39 is 5.97 Å². The predicted molar refractivity (Wildman–Crippen MR) is 51.7 cm³/mol. The average Bonchev–Trinajstić information content (AvgIpc) is 2.76. The first-order valence-corrected chi connectivity index (χ1v) is 4.66. The van der Waals surface area contributed by atoms with Crippen molar-refractivity contribution in [2.24, 2.45) is 0 Å². The maximum atomic E-state index is 10.4. The van der Waals surface area contributed by atoms with E-state index in [1.165, 1.54) is 4.68 Å². The standard InChI is InChI=1S/C9H10N4O3/c1-6-2-8(11-16-6)5-13-4-7(10-12-13)3-9(14)15/h2,4H,3,5H2,1H3,(H,14,15). The van der Waals surface area contributed by atoms with Crippen molar-refractivity contribution in [2.75, 3.05) is 0 Å². The molecular formula is C9H10N4O3. The molecule has 0 aromatic carbocycles. The Morgan fingerprint density at radius 2 is 2.38 bits per heavy atom. The van der Waals surface area contributed by atoms with Gasteiger partial charge in [-0.3, -0.25) is 4.79 Å². The molecule has 7 nitrogen and oxygen atoms in total. The summed E-state index contributed by atoms with van der Waals surface area (Å²) in [6.07, 6.45) is 1.45. The van der Waals surface area contributed by atoms with Crippen molar-refractivity contribution in [2.45, 2.75) is 19.9 Å². The highest BCUT2D eigenvalue weighted by atomic mass is 16.5. The van der Waals surface area contributed by atoms with Crippen LogP contribution in [0.1, 0.15) is 17.1 Å². The number of hydrogen-bond acceptors (Lipinski definition) is 5. The molecule has 0 bridgehead atoms. The van der Waals surface area contributed by atoms with Gasteiger partial charge in [-0.1, -0.05) is 10.4 Å². The molecule has 1 N–H and O–H groups in total. The molecule has 0 aliphatic carbocycles. The zero-order valence-electron chi connectivity index (χ0n) is 8.62. The molecule has 0 radical (unpaired) electrons. The Morgan fingerprint density at radius 3 is 3.00 bits per heavy atom. The van der Waals surface area contributed by atoms with Crippen molar-refractivity contribution in [3.8, 4) is 0 Å². The minimum Gasteiger partial charge on any atom is -0.481 e. The molecule has 0 aliphatic heterocycles. The number of nitrogens with zero attached hydrogens (tertiary/aromatic N) is 4. The fourth-order valence-corrected chi connectivity index (χ4v) is 1.31. The first-order chi connectivity index (χ1) is 7.63. The molecule has 2 rings (SSSR count). The van der Waals surface area contributed by atoms with E-state index in [0.29, 0.717) is 12.2 Å². The monoisotopic (exact) mass is 222 g/mol. The second-order valence-electron chi connectivity index (χ2n) is 3.41. The topological polar surface area (TPSA) is 94.0 Å². The molecule has 0 saturated carbocycles. The number of carboxylic acids is 1. The molecule has 2 heterocycles. The number of carboxylic acid groups (broad SMARTS) is 1. The van der Waals surface area contributed by atoms with Crippen LogP contribution in [0.5, 0.6) is 0 Å². The number of rotatable bonds is 4. The van der Waals surface area contributed by atoms with E-state index in [1.807, 2.05) is 0 Å². The van der Waals surface area contributed by atoms with Gasteiger partial charge in [-0.15, -0.1) is 5.10 Å². The van der Waals surface area contributed by atoms with Crippen molar-refractivity contribution in [1.29, 1.82) is 0 Å². The molecule has 0 unspecified atom stereocenters. The van der Waals surface area contributed by atoms with Gasteiger partial charge in [-0.05, 0) is 6.92 Å². The molecule has 16 heavy (non-hydrogen) atoms. The Bertz CT molecular complexity index is 502. The van der Waals surface area contributed by atoms with Crippen LogP contribution in [0.2, 0.25) is 0 Å². The summed E-state index contributed by atoms with van der Waals surface area (Å²) in [5, 5.41) is 19.9. The maximum absolute atomic E-state index is 10.4. The second kappa shape index (κ2) is 4.13. The lowest BCUT2D eigenvalue weighted by Gasteiger charge is -1.92. The van der Waals surface area contributed by atoms with E-state index in [1.54, 1.807) is 19.2 Å². The van der Waals surface area contributed by atoms with Crippen LogP contribution in [0, 0.1) is 6.92 Å². The van der Waals surface area contributed by atoms with Crippen molar-refractivity contribution >= 4 is 5.97 Å². The summed E-state index contributed by atoms with van der Waals surface area (Å²) in [7, 11) is 0. The normalized spacial score (nSPS) is 10.6. The summed E-state index contributed by atoms with van der Waals surface area (Å²) in [6.45, 7) is 2.22. The van der Waals surface area contributed by atoms with E-state index in [9.17, 15) is 4.79 Å². The van der Waals surface area contributed by atoms with Gasteiger partial charge in [0, 0.05) is 12.3 Å². The summed E-state index contributed by atoms with van der Waals surface area (Å²) >= 11 is 0. The minimum absolute atomic E-state index is 0.127. The predicted octanol–water partition coefficient (Wildman–Crippen LogP) is 0.250. The van der Waals surface area contributed by atoms with Crippen LogP contribution < -0.4 is 0 Å². The summed E-state index contributed by atoms with van der Waals surface area (Å²) in [4.78, 5) is 10.4. The van der Waals surface area contributed by atoms with Crippen LogP contribution in [0.25, 0.3) is 0 Å². The van der Waals surface area contributed by atoms with Crippen LogP contribution in [-0.4, -0.2) is 31.2 Å². The number of carbonyl (C=O) groups is 1. The van der Waals surface area contributed by atoms with Gasteiger partial charge < -0.3 is 9.63 Å². The molecule has 7 heteroatoms. The number of aromatic nitrogens is 4. The zero-order chi connectivity index (χ0) is 11.5. The van der Waals surface area contributed by atoms with Crippen LogP contribution in [0.4, 0.5) is 0 Å². The molecule has 0 saturated heterocycles. The fraction of sp³-hybridized carbons (Fsp3) is 0.333. The third-order valence-corrected chi connectivity index (χ3v) is 1.92. The van der Waals surface area contributed by atoms with Crippen molar-refractivity contribution in [1.82, 2.24) is 20.2 Å². The number of hydrogen-bond donors (Lipinski definition) is 1. The summed E-state index contributed by atoms with van der Waals surface area (Å²) in [5.74, 6) is -0.204. The highest BCUT2D eigenvalue weighted by molar-refractivity contribution is 5.69. The Morgan fingerprint density at radius 1 is 1.56 bits per heavy atom. The van der Waals surface area contributed by atoms with Gasteiger partial charge in [-0.2, -0.15) is 0 Å². The van der Waals surface area contributed by atoms with Gasteiger partial charge in [-0.25, -0.2) is 4.68 Å². The lowest BCUT2D eigenvalue weighted by molar-refractivity contribution is -0.136. The van der Waals surface area contributed by atoms with Gasteiger partial charge in [0.1, 0.15) is 11.5 Å². The van der Waals surface area contributed by atoms with E-state index in [4.69, 9.17) is 9.63 Å². The molecule has 0 amide bonds. The molecular weight excluding hydrogens is 212 g/mol. The number of aryl methyl sites for hydroxylation is 1. The van der Waals surface area contributed by atoms with Gasteiger partial charge in [0.15, 0.2) is 0 Å². The van der Waals surface area contributed by atoms with Gasteiger partial charge in [0.2, 0.25) is 0 Å².